The number of benzene rings is 1. The van der Waals surface area contributed by atoms with Gasteiger partial charge in [0.25, 0.3) is 5.91 Å². The van der Waals surface area contributed by atoms with Gasteiger partial charge in [0, 0.05) is 25.0 Å². The fourth-order valence-corrected chi connectivity index (χ4v) is 2.70. The van der Waals surface area contributed by atoms with Gasteiger partial charge in [-0.15, -0.1) is 0 Å². The normalized spacial score (nSPS) is 12.5. The van der Waals surface area contributed by atoms with E-state index >= 15 is 0 Å². The molecule has 0 bridgehead atoms. The molecule has 0 aliphatic heterocycles. The van der Waals surface area contributed by atoms with Gasteiger partial charge in [-0.3, -0.25) is 9.78 Å². The molecule has 1 unspecified atom stereocenters. The number of amides is 1. The molecule has 1 amide bonds. The van der Waals surface area contributed by atoms with E-state index in [0.29, 0.717) is 5.56 Å². The summed E-state index contributed by atoms with van der Waals surface area (Å²) in [6.07, 6.45) is 3.24. The molecule has 0 aliphatic carbocycles. The Morgan fingerprint density at radius 3 is 2.48 bits per heavy atom. The van der Waals surface area contributed by atoms with Crippen LogP contribution in [0.15, 0.2) is 48.8 Å². The molecule has 5 nitrogen and oxygen atoms in total. The first kappa shape index (κ1) is 15.2. The fraction of sp³-hybridized carbons (Fsp3) is 0.278. The zero-order valence-corrected chi connectivity index (χ0v) is 13.5. The predicted octanol–water partition coefficient (Wildman–Crippen LogP) is 3.10. The Balaban J connectivity index is 1.95. The zero-order chi connectivity index (χ0) is 16.4. The van der Waals surface area contributed by atoms with Gasteiger partial charge in [0.05, 0.1) is 17.1 Å². The first-order chi connectivity index (χ1) is 11.1. The third-order valence-electron chi connectivity index (χ3n) is 4.00. The quantitative estimate of drug-likeness (QED) is 0.805. The molecule has 5 heteroatoms. The minimum atomic E-state index is -0.159. The molecule has 23 heavy (non-hydrogen) atoms. The van der Waals surface area contributed by atoms with Crippen LogP contribution in [0.4, 0.5) is 0 Å². The van der Waals surface area contributed by atoms with Crippen LogP contribution in [0, 0.1) is 5.92 Å². The van der Waals surface area contributed by atoms with Crippen molar-refractivity contribution in [3.8, 4) is 0 Å². The summed E-state index contributed by atoms with van der Waals surface area (Å²) in [7, 11) is 1.98. The molecular weight excluding hydrogens is 288 g/mol. The molecule has 3 aromatic rings. The molecular formula is C18H20N4O. The summed E-state index contributed by atoms with van der Waals surface area (Å²) < 4.78 is 2.05. The van der Waals surface area contributed by atoms with E-state index in [9.17, 15) is 4.79 Å². The summed E-state index contributed by atoms with van der Waals surface area (Å²) in [6.45, 7) is 4.16. The maximum atomic E-state index is 12.5. The number of fused-ring (bicyclic) bond motifs is 1. The lowest BCUT2D eigenvalue weighted by atomic mass is 10.0. The van der Waals surface area contributed by atoms with Gasteiger partial charge in [0.15, 0.2) is 0 Å². The number of para-hydroxylation sites is 2. The lowest BCUT2D eigenvalue weighted by Crippen LogP contribution is -2.33. The van der Waals surface area contributed by atoms with E-state index in [-0.39, 0.29) is 17.9 Å². The second-order valence-corrected chi connectivity index (χ2v) is 5.95. The Kier molecular flexibility index (Phi) is 4.10. The Hall–Kier alpha value is -2.69. The van der Waals surface area contributed by atoms with E-state index in [1.165, 1.54) is 0 Å². The van der Waals surface area contributed by atoms with Gasteiger partial charge in [0.1, 0.15) is 5.82 Å². The van der Waals surface area contributed by atoms with E-state index in [1.54, 1.807) is 24.5 Å². The Bertz CT molecular complexity index is 823. The standard InChI is InChI=1S/C18H20N4O/c1-12(2)16(21-18(23)13-8-10-19-11-9-13)17-20-14-6-4-5-7-15(14)22(17)3/h4-12,16H,1-3H3,(H,21,23). The third-order valence-corrected chi connectivity index (χ3v) is 4.00. The minimum absolute atomic E-state index is 0.113. The molecule has 1 N–H and O–H groups in total. The van der Waals surface area contributed by atoms with Gasteiger partial charge in [-0.1, -0.05) is 26.0 Å². The molecule has 0 aliphatic rings. The number of nitrogens with zero attached hydrogens (tertiary/aromatic N) is 3. The molecule has 0 radical (unpaired) electrons. The average molecular weight is 308 g/mol. The van der Waals surface area contributed by atoms with Crippen molar-refractivity contribution in [2.45, 2.75) is 19.9 Å². The van der Waals surface area contributed by atoms with Crippen molar-refractivity contribution in [2.24, 2.45) is 13.0 Å². The zero-order valence-electron chi connectivity index (χ0n) is 13.5. The molecule has 2 heterocycles. The number of pyridine rings is 1. The number of carbonyl (C=O) groups is 1. The van der Waals surface area contributed by atoms with Crippen LogP contribution in [-0.2, 0) is 7.05 Å². The third kappa shape index (κ3) is 2.95. The first-order valence-electron chi connectivity index (χ1n) is 7.70. The predicted molar refractivity (Wildman–Crippen MR) is 90.0 cm³/mol. The fourth-order valence-electron chi connectivity index (χ4n) is 2.70. The summed E-state index contributed by atoms with van der Waals surface area (Å²) >= 11 is 0. The van der Waals surface area contributed by atoms with E-state index in [4.69, 9.17) is 4.98 Å². The van der Waals surface area contributed by atoms with Crippen molar-refractivity contribution in [3.63, 3.8) is 0 Å². The average Bonchev–Trinajstić information content (AvgIpc) is 2.90. The topological polar surface area (TPSA) is 59.8 Å². The van der Waals surface area contributed by atoms with Crippen LogP contribution in [0.2, 0.25) is 0 Å². The molecule has 118 valence electrons. The second kappa shape index (κ2) is 6.20. The number of hydrogen-bond donors (Lipinski definition) is 1. The SMILES string of the molecule is CC(C)C(NC(=O)c1ccncc1)c1nc2ccccc2n1C. The summed E-state index contributed by atoms with van der Waals surface area (Å²) in [6, 6.07) is 11.2. The molecule has 1 aromatic carbocycles. The molecule has 2 aromatic heterocycles. The van der Waals surface area contributed by atoms with E-state index in [2.05, 4.69) is 24.1 Å². The number of aryl methyl sites for hydroxylation is 1. The highest BCUT2D eigenvalue weighted by atomic mass is 16.1. The van der Waals surface area contributed by atoms with Crippen LogP contribution in [0.25, 0.3) is 11.0 Å². The Labute approximate surface area is 135 Å². The van der Waals surface area contributed by atoms with Gasteiger partial charge in [0.2, 0.25) is 0 Å². The Morgan fingerprint density at radius 2 is 1.83 bits per heavy atom. The van der Waals surface area contributed by atoms with E-state index < -0.39 is 0 Å². The van der Waals surface area contributed by atoms with Gasteiger partial charge < -0.3 is 9.88 Å². The molecule has 1 atom stereocenters. The van der Waals surface area contributed by atoms with Gasteiger partial charge in [-0.2, -0.15) is 0 Å². The van der Waals surface area contributed by atoms with Gasteiger partial charge >= 0.3 is 0 Å². The maximum absolute atomic E-state index is 12.5. The first-order valence-corrected chi connectivity index (χ1v) is 7.70. The number of hydrogen-bond acceptors (Lipinski definition) is 3. The number of imidazole rings is 1. The van der Waals surface area contributed by atoms with Crippen LogP contribution in [-0.4, -0.2) is 20.4 Å². The summed E-state index contributed by atoms with van der Waals surface area (Å²) in [5, 5.41) is 3.10. The minimum Gasteiger partial charge on any atom is -0.342 e. The Morgan fingerprint density at radius 1 is 1.13 bits per heavy atom. The summed E-state index contributed by atoms with van der Waals surface area (Å²) in [5.41, 5.74) is 2.60. The highest BCUT2D eigenvalue weighted by Gasteiger charge is 2.24. The number of aromatic nitrogens is 3. The molecule has 0 saturated carbocycles. The van der Waals surface area contributed by atoms with E-state index in [1.807, 2.05) is 35.9 Å². The molecule has 3 rings (SSSR count). The van der Waals surface area contributed by atoms with Crippen LogP contribution in [0.1, 0.15) is 36.1 Å². The molecule has 0 saturated heterocycles. The lowest BCUT2D eigenvalue weighted by molar-refractivity contribution is 0.0922. The van der Waals surface area contributed by atoms with Crippen molar-refractivity contribution in [3.05, 3.63) is 60.2 Å². The van der Waals surface area contributed by atoms with Crippen molar-refractivity contribution in [1.82, 2.24) is 19.9 Å². The van der Waals surface area contributed by atoms with Gasteiger partial charge in [-0.25, -0.2) is 4.98 Å². The van der Waals surface area contributed by atoms with Crippen molar-refractivity contribution >= 4 is 16.9 Å². The molecule has 0 spiro atoms. The van der Waals surface area contributed by atoms with E-state index in [0.717, 1.165) is 16.9 Å². The molecule has 0 fully saturated rings. The van der Waals surface area contributed by atoms with Gasteiger partial charge in [-0.05, 0) is 30.2 Å². The smallest absolute Gasteiger partial charge is 0.251 e. The number of nitrogens with one attached hydrogen (secondary N) is 1. The van der Waals surface area contributed by atoms with Crippen molar-refractivity contribution < 1.29 is 4.79 Å². The largest absolute Gasteiger partial charge is 0.342 e. The lowest BCUT2D eigenvalue weighted by Gasteiger charge is -2.22. The second-order valence-electron chi connectivity index (χ2n) is 5.95. The summed E-state index contributed by atoms with van der Waals surface area (Å²) in [4.78, 5) is 21.1. The van der Waals surface area contributed by atoms with Crippen molar-refractivity contribution in [1.29, 1.82) is 0 Å². The highest BCUT2D eigenvalue weighted by Crippen LogP contribution is 2.25. The van der Waals surface area contributed by atoms with Crippen LogP contribution in [0.3, 0.4) is 0 Å². The monoisotopic (exact) mass is 308 g/mol. The number of carbonyl (C=O) groups excluding carboxylic acids is 1. The van der Waals surface area contributed by atoms with Crippen LogP contribution < -0.4 is 5.32 Å². The van der Waals surface area contributed by atoms with Crippen LogP contribution >= 0.6 is 0 Å². The highest BCUT2D eigenvalue weighted by molar-refractivity contribution is 5.94. The maximum Gasteiger partial charge on any atom is 0.251 e. The van der Waals surface area contributed by atoms with Crippen LogP contribution in [0.5, 0.6) is 0 Å². The summed E-state index contributed by atoms with van der Waals surface area (Å²) in [5.74, 6) is 0.970. The number of rotatable bonds is 4. The van der Waals surface area contributed by atoms with Crippen molar-refractivity contribution in [2.75, 3.05) is 0 Å².